The Morgan fingerprint density at radius 1 is 1.75 bits per heavy atom. The van der Waals surface area contributed by atoms with E-state index in [2.05, 4.69) is 10.0 Å². The predicted octanol–water partition coefficient (Wildman–Crippen LogP) is 2.13. The van der Waals surface area contributed by atoms with Gasteiger partial charge in [0.05, 0.1) is 12.5 Å². The first-order chi connectivity index (χ1) is 5.83. The molecule has 1 heterocycles. The van der Waals surface area contributed by atoms with E-state index in [-0.39, 0.29) is 0 Å². The molecular weight excluding hydrogens is 158 g/mol. The fourth-order valence-corrected chi connectivity index (χ4v) is 0.615. The summed E-state index contributed by atoms with van der Waals surface area (Å²) in [5.41, 5.74) is 8.63. The lowest BCUT2D eigenvalue weighted by atomic mass is 10.3. The lowest BCUT2D eigenvalue weighted by Gasteiger charge is -1.78. The van der Waals surface area contributed by atoms with Crippen LogP contribution >= 0.6 is 0 Å². The number of rotatable bonds is 2. The highest BCUT2D eigenvalue weighted by molar-refractivity contribution is 5.92. The van der Waals surface area contributed by atoms with E-state index in [0.29, 0.717) is 0 Å². The first-order valence-corrected chi connectivity index (χ1v) is 3.12. The summed E-state index contributed by atoms with van der Waals surface area (Å²) in [6.07, 6.45) is 5.63. The number of nitrogens with zero attached hydrogens (tertiary/aromatic N) is 3. The van der Waals surface area contributed by atoms with Gasteiger partial charge >= 0.3 is 0 Å². The Morgan fingerprint density at radius 2 is 2.58 bits per heavy atom. The molecule has 5 heteroatoms. The van der Waals surface area contributed by atoms with Crippen LogP contribution in [-0.2, 0) is 4.79 Å². The van der Waals surface area contributed by atoms with Crippen molar-refractivity contribution < 1.29 is 9.21 Å². The van der Waals surface area contributed by atoms with Crippen molar-refractivity contribution in [3.63, 3.8) is 0 Å². The number of hydrogen-bond acceptors (Lipinski definition) is 2. The van der Waals surface area contributed by atoms with Crippen LogP contribution in [0, 0.1) is 0 Å². The molecular formula is C7H5N3O2. The van der Waals surface area contributed by atoms with Crippen LogP contribution in [0.25, 0.3) is 16.5 Å². The highest BCUT2D eigenvalue weighted by Crippen LogP contribution is 2.01. The van der Waals surface area contributed by atoms with Crippen LogP contribution in [0.4, 0.5) is 0 Å². The molecule has 0 aromatic carbocycles. The van der Waals surface area contributed by atoms with Gasteiger partial charge < -0.3 is 4.42 Å². The minimum Gasteiger partial charge on any atom is -0.472 e. The van der Waals surface area contributed by atoms with Gasteiger partial charge in [-0.3, -0.25) is 4.79 Å². The Hall–Kier alpha value is -2.00. The smallest absolute Gasteiger partial charge is 0.242 e. The summed E-state index contributed by atoms with van der Waals surface area (Å²) in [5, 5.41) is 2.85. The lowest BCUT2D eigenvalue weighted by Crippen LogP contribution is -1.81. The van der Waals surface area contributed by atoms with Gasteiger partial charge in [-0.2, -0.15) is 0 Å². The third kappa shape index (κ3) is 2.32. The van der Waals surface area contributed by atoms with Crippen LogP contribution in [0.3, 0.4) is 0 Å². The van der Waals surface area contributed by atoms with Crippen molar-refractivity contribution in [3.05, 3.63) is 40.7 Å². The van der Waals surface area contributed by atoms with Crippen LogP contribution in [0.1, 0.15) is 5.56 Å². The molecule has 0 bridgehead atoms. The van der Waals surface area contributed by atoms with Crippen LogP contribution < -0.4 is 0 Å². The summed E-state index contributed by atoms with van der Waals surface area (Å²) in [5.74, 6) is -0.626. The maximum Gasteiger partial charge on any atom is 0.242 e. The SMILES string of the molecule is [N-]=[N+]=NC(=O)/C=C/c1ccoc1. The first-order valence-electron chi connectivity index (χ1n) is 3.12. The van der Waals surface area contributed by atoms with Gasteiger partial charge in [0.1, 0.15) is 0 Å². The Bertz CT molecular complexity index is 334. The molecule has 0 atom stereocenters. The standard InChI is InChI=1S/C7H5N3O2/c8-10-9-7(11)2-1-6-3-4-12-5-6/h1-5H/b2-1+. The Kier molecular flexibility index (Phi) is 2.70. The monoisotopic (exact) mass is 163 g/mol. The van der Waals surface area contributed by atoms with Gasteiger partial charge in [0.2, 0.25) is 5.91 Å². The number of furan rings is 1. The molecule has 0 aliphatic rings. The summed E-state index contributed by atoms with van der Waals surface area (Å²) >= 11 is 0. The van der Waals surface area contributed by atoms with E-state index in [0.717, 1.165) is 5.56 Å². The van der Waals surface area contributed by atoms with E-state index in [4.69, 9.17) is 9.95 Å². The molecule has 0 unspecified atom stereocenters. The Balaban J connectivity index is 2.62. The van der Waals surface area contributed by atoms with Crippen molar-refractivity contribution in [1.82, 2.24) is 0 Å². The summed E-state index contributed by atoms with van der Waals surface area (Å²) in [4.78, 5) is 12.9. The zero-order chi connectivity index (χ0) is 8.81. The molecule has 5 nitrogen and oxygen atoms in total. The van der Waals surface area contributed by atoms with Crippen LogP contribution in [-0.4, -0.2) is 5.91 Å². The molecule has 0 N–H and O–H groups in total. The molecule has 0 fully saturated rings. The molecule has 60 valence electrons. The van der Waals surface area contributed by atoms with Crippen molar-refractivity contribution >= 4 is 12.0 Å². The van der Waals surface area contributed by atoms with Crippen molar-refractivity contribution in [2.45, 2.75) is 0 Å². The zero-order valence-corrected chi connectivity index (χ0v) is 6.04. The third-order valence-electron chi connectivity index (χ3n) is 1.10. The van der Waals surface area contributed by atoms with Crippen LogP contribution in [0.2, 0.25) is 0 Å². The molecule has 0 aliphatic heterocycles. The van der Waals surface area contributed by atoms with Gasteiger partial charge in [0.15, 0.2) is 0 Å². The molecule has 0 aliphatic carbocycles. The number of azide groups is 1. The van der Waals surface area contributed by atoms with Gasteiger partial charge in [0, 0.05) is 10.5 Å². The van der Waals surface area contributed by atoms with Crippen molar-refractivity contribution in [3.8, 4) is 0 Å². The summed E-state index contributed by atoms with van der Waals surface area (Å²) in [7, 11) is 0. The van der Waals surface area contributed by atoms with Gasteiger partial charge in [0.25, 0.3) is 0 Å². The lowest BCUT2D eigenvalue weighted by molar-refractivity contribution is -0.113. The van der Waals surface area contributed by atoms with E-state index < -0.39 is 5.91 Å². The fourth-order valence-electron chi connectivity index (χ4n) is 0.615. The molecule has 1 rings (SSSR count). The molecule has 1 aromatic heterocycles. The van der Waals surface area contributed by atoms with E-state index in [1.54, 1.807) is 6.07 Å². The minimum atomic E-state index is -0.626. The van der Waals surface area contributed by atoms with Gasteiger partial charge in [-0.1, -0.05) is 0 Å². The minimum absolute atomic E-state index is 0.626. The van der Waals surface area contributed by atoms with Crippen molar-refractivity contribution in [2.75, 3.05) is 0 Å². The molecule has 0 radical (unpaired) electrons. The summed E-state index contributed by atoms with van der Waals surface area (Å²) < 4.78 is 4.74. The van der Waals surface area contributed by atoms with E-state index in [9.17, 15) is 4.79 Å². The van der Waals surface area contributed by atoms with Crippen LogP contribution in [0.5, 0.6) is 0 Å². The zero-order valence-electron chi connectivity index (χ0n) is 6.04. The number of carbonyl (C=O) groups excluding carboxylic acids is 1. The second-order valence-electron chi connectivity index (χ2n) is 1.92. The molecule has 0 saturated carbocycles. The Morgan fingerprint density at radius 3 is 3.17 bits per heavy atom. The molecule has 12 heavy (non-hydrogen) atoms. The summed E-state index contributed by atoms with van der Waals surface area (Å²) in [6, 6.07) is 1.68. The number of hydrogen-bond donors (Lipinski definition) is 0. The molecule has 1 amide bonds. The summed E-state index contributed by atoms with van der Waals surface area (Å²) in [6.45, 7) is 0. The van der Waals surface area contributed by atoms with Crippen molar-refractivity contribution in [1.29, 1.82) is 0 Å². The van der Waals surface area contributed by atoms with Crippen molar-refractivity contribution in [2.24, 2.45) is 5.11 Å². The average Bonchev–Trinajstić information content (AvgIpc) is 2.53. The Labute approximate surface area is 67.9 Å². The molecule has 0 spiro atoms. The van der Waals surface area contributed by atoms with Gasteiger partial charge in [-0.25, -0.2) is 0 Å². The fraction of sp³-hybridized carbons (Fsp3) is 0. The highest BCUT2D eigenvalue weighted by Gasteiger charge is 1.90. The van der Waals surface area contributed by atoms with E-state index in [1.807, 2.05) is 0 Å². The van der Waals surface area contributed by atoms with Crippen LogP contribution in [0.15, 0.2) is 34.2 Å². The normalized spacial score (nSPS) is 9.67. The molecule has 0 saturated heterocycles. The van der Waals surface area contributed by atoms with E-state index in [1.165, 1.54) is 24.7 Å². The van der Waals surface area contributed by atoms with E-state index >= 15 is 0 Å². The molecule has 1 aromatic rings. The highest BCUT2D eigenvalue weighted by atomic mass is 16.3. The quantitative estimate of drug-likeness (QED) is 0.289. The number of amides is 1. The maximum absolute atomic E-state index is 10.6. The maximum atomic E-state index is 10.6. The number of carbonyl (C=O) groups is 1. The second kappa shape index (κ2) is 4.00. The topological polar surface area (TPSA) is 79.0 Å². The second-order valence-corrected chi connectivity index (χ2v) is 1.92. The first kappa shape index (κ1) is 8.10. The third-order valence-corrected chi connectivity index (χ3v) is 1.10. The van der Waals surface area contributed by atoms with Gasteiger partial charge in [-0.05, 0) is 28.9 Å². The average molecular weight is 163 g/mol. The predicted molar refractivity (Wildman–Crippen MR) is 41.9 cm³/mol. The largest absolute Gasteiger partial charge is 0.472 e. The van der Waals surface area contributed by atoms with Gasteiger partial charge in [-0.15, -0.1) is 0 Å².